The summed E-state index contributed by atoms with van der Waals surface area (Å²) >= 11 is 0. The Morgan fingerprint density at radius 2 is 2.26 bits per heavy atom. The zero-order valence-electron chi connectivity index (χ0n) is 10.8. The molecule has 0 amide bonds. The number of non-ortho nitro benzene ring substituents is 1. The van der Waals surface area contributed by atoms with Crippen LogP contribution in [-0.4, -0.2) is 16.5 Å². The van der Waals surface area contributed by atoms with Crippen LogP contribution in [-0.2, 0) is 13.0 Å². The van der Waals surface area contributed by atoms with E-state index in [1.807, 2.05) is 13.0 Å². The third-order valence-electron chi connectivity index (χ3n) is 3.72. The van der Waals surface area contributed by atoms with Crippen LogP contribution in [0, 0.1) is 17.0 Å². The molecule has 0 bridgehead atoms. The lowest BCUT2D eigenvalue weighted by Gasteiger charge is -2.12. The molecule has 0 spiro atoms. The molecular weight excluding hydrogens is 242 g/mol. The maximum atomic E-state index is 11.2. The van der Waals surface area contributed by atoms with E-state index >= 15 is 0 Å². The van der Waals surface area contributed by atoms with E-state index in [-0.39, 0.29) is 10.6 Å². The van der Waals surface area contributed by atoms with Gasteiger partial charge in [0.2, 0.25) is 0 Å². The van der Waals surface area contributed by atoms with Crippen LogP contribution in [0.4, 0.5) is 5.69 Å². The molecule has 2 heterocycles. The molecule has 0 unspecified atom stereocenters. The molecule has 5 nitrogen and oxygen atoms in total. The topological polar surface area (TPSA) is 68.1 Å². The first-order valence-corrected chi connectivity index (χ1v) is 6.44. The number of nitro groups is 1. The Bertz CT molecular complexity index is 667. The molecule has 1 aliphatic heterocycles. The Labute approximate surface area is 110 Å². The summed E-state index contributed by atoms with van der Waals surface area (Å²) in [5.41, 5.74) is 4.07. The highest BCUT2D eigenvalue weighted by Gasteiger charge is 2.20. The smallest absolute Gasteiger partial charge is 0.279 e. The fraction of sp³-hybridized carbons (Fsp3) is 0.357. The summed E-state index contributed by atoms with van der Waals surface area (Å²) in [4.78, 5) is 15.5. The number of pyridine rings is 1. The zero-order valence-corrected chi connectivity index (χ0v) is 10.8. The Balaban J connectivity index is 2.35. The molecule has 98 valence electrons. The van der Waals surface area contributed by atoms with E-state index in [9.17, 15) is 10.1 Å². The van der Waals surface area contributed by atoms with Gasteiger partial charge in [-0.1, -0.05) is 6.07 Å². The predicted molar refractivity (Wildman–Crippen MR) is 73.2 cm³/mol. The number of hydrogen-bond donors (Lipinski definition) is 1. The van der Waals surface area contributed by atoms with Crippen LogP contribution in [0.1, 0.15) is 23.2 Å². The van der Waals surface area contributed by atoms with Crippen LogP contribution in [0.5, 0.6) is 0 Å². The van der Waals surface area contributed by atoms with Gasteiger partial charge in [0.25, 0.3) is 5.69 Å². The lowest BCUT2D eigenvalue weighted by atomic mass is 9.99. The number of nitrogens with zero attached hydrogens (tertiary/aromatic N) is 2. The molecule has 5 heteroatoms. The summed E-state index contributed by atoms with van der Waals surface area (Å²) < 4.78 is 0. The van der Waals surface area contributed by atoms with Crippen molar-refractivity contribution >= 4 is 16.6 Å². The van der Waals surface area contributed by atoms with Crippen LogP contribution >= 0.6 is 0 Å². The highest BCUT2D eigenvalue weighted by molar-refractivity contribution is 5.92. The summed E-state index contributed by atoms with van der Waals surface area (Å²) in [6.07, 6.45) is 1.99. The van der Waals surface area contributed by atoms with Crippen LogP contribution < -0.4 is 5.32 Å². The second-order valence-corrected chi connectivity index (χ2v) is 4.87. The van der Waals surface area contributed by atoms with E-state index in [1.165, 1.54) is 0 Å². The summed E-state index contributed by atoms with van der Waals surface area (Å²) in [5.74, 6) is 0. The maximum absolute atomic E-state index is 11.2. The van der Waals surface area contributed by atoms with Crippen LogP contribution in [0.2, 0.25) is 0 Å². The quantitative estimate of drug-likeness (QED) is 0.629. The van der Waals surface area contributed by atoms with Gasteiger partial charge in [0.15, 0.2) is 0 Å². The average Bonchev–Trinajstić information content (AvgIpc) is 2.63. The van der Waals surface area contributed by atoms with Crippen molar-refractivity contribution in [3.63, 3.8) is 0 Å². The number of benzene rings is 1. The number of nitrogens with one attached hydrogen (secondary N) is 1. The van der Waals surface area contributed by atoms with E-state index in [2.05, 4.69) is 10.3 Å². The number of hydrogen-bond acceptors (Lipinski definition) is 4. The van der Waals surface area contributed by atoms with Gasteiger partial charge < -0.3 is 5.32 Å². The molecule has 0 atom stereocenters. The lowest BCUT2D eigenvalue weighted by molar-refractivity contribution is -0.383. The minimum absolute atomic E-state index is 0.148. The van der Waals surface area contributed by atoms with Gasteiger partial charge in [-0.25, -0.2) is 0 Å². The molecule has 1 aliphatic rings. The molecule has 0 fully saturated rings. The van der Waals surface area contributed by atoms with Crippen molar-refractivity contribution in [2.24, 2.45) is 0 Å². The first-order valence-electron chi connectivity index (χ1n) is 6.44. The van der Waals surface area contributed by atoms with Gasteiger partial charge in [-0.3, -0.25) is 15.1 Å². The van der Waals surface area contributed by atoms with E-state index in [0.29, 0.717) is 5.39 Å². The van der Waals surface area contributed by atoms with Gasteiger partial charge in [0.1, 0.15) is 0 Å². The molecular formula is C14H15N3O2. The first-order chi connectivity index (χ1) is 9.18. The van der Waals surface area contributed by atoms with Gasteiger partial charge >= 0.3 is 0 Å². The molecule has 1 aromatic carbocycles. The molecule has 0 radical (unpaired) electrons. The molecule has 1 aromatic heterocycles. The fourth-order valence-corrected chi connectivity index (χ4v) is 2.77. The number of aryl methyl sites for hydroxylation is 2. The van der Waals surface area contributed by atoms with Gasteiger partial charge in [0.05, 0.1) is 15.8 Å². The molecule has 0 aliphatic carbocycles. The summed E-state index contributed by atoms with van der Waals surface area (Å²) in [6.45, 7) is 3.67. The second kappa shape index (κ2) is 4.59. The molecule has 3 rings (SSSR count). The number of fused-ring (bicyclic) bond motifs is 2. The van der Waals surface area contributed by atoms with Crippen LogP contribution in [0.3, 0.4) is 0 Å². The molecule has 19 heavy (non-hydrogen) atoms. The van der Waals surface area contributed by atoms with Gasteiger partial charge in [-0.2, -0.15) is 0 Å². The first kappa shape index (κ1) is 12.0. The second-order valence-electron chi connectivity index (χ2n) is 4.87. The summed E-state index contributed by atoms with van der Waals surface area (Å²) in [6, 6.07) is 5.11. The Morgan fingerprint density at radius 1 is 1.42 bits per heavy atom. The largest absolute Gasteiger partial charge is 0.313 e. The highest BCUT2D eigenvalue weighted by Crippen LogP contribution is 2.31. The van der Waals surface area contributed by atoms with E-state index in [1.54, 1.807) is 12.1 Å². The number of rotatable bonds is 1. The molecule has 1 N–H and O–H groups in total. The van der Waals surface area contributed by atoms with Gasteiger partial charge in [-0.05, 0) is 43.5 Å². The normalized spacial score (nSPS) is 15.0. The predicted octanol–water partition coefficient (Wildman–Crippen LogP) is 2.49. The molecule has 2 aromatic rings. The van der Waals surface area contributed by atoms with E-state index in [0.717, 1.165) is 48.3 Å². The van der Waals surface area contributed by atoms with Crippen molar-refractivity contribution in [2.75, 3.05) is 6.54 Å². The minimum atomic E-state index is -0.326. The zero-order chi connectivity index (χ0) is 13.4. The average molecular weight is 257 g/mol. The standard InChI is InChI=1S/C14H15N3O2/c1-9-10-8-15-7-3-5-11(10)16-12-4-2-6-13(14(9)12)17(18)19/h2,4,6,15H,3,5,7-8H2,1H3. The van der Waals surface area contributed by atoms with E-state index in [4.69, 9.17) is 0 Å². The van der Waals surface area contributed by atoms with Crippen LogP contribution in [0.25, 0.3) is 10.9 Å². The molecule has 0 saturated carbocycles. The third-order valence-corrected chi connectivity index (χ3v) is 3.72. The SMILES string of the molecule is Cc1c2c(nc3cccc([N+](=O)[O-])c13)CCCNC2. The van der Waals surface area contributed by atoms with Gasteiger partial charge in [0, 0.05) is 18.3 Å². The highest BCUT2D eigenvalue weighted by atomic mass is 16.6. The van der Waals surface area contributed by atoms with Crippen molar-refractivity contribution < 1.29 is 4.92 Å². The summed E-state index contributed by atoms with van der Waals surface area (Å²) in [5, 5.41) is 15.2. The van der Waals surface area contributed by atoms with Crippen LogP contribution in [0.15, 0.2) is 18.2 Å². The third kappa shape index (κ3) is 1.96. The summed E-state index contributed by atoms with van der Waals surface area (Å²) in [7, 11) is 0. The van der Waals surface area contributed by atoms with Crippen molar-refractivity contribution in [3.05, 3.63) is 45.1 Å². The molecule has 0 saturated heterocycles. The number of nitro benzene ring substituents is 1. The number of aromatic nitrogens is 1. The Morgan fingerprint density at radius 3 is 3.05 bits per heavy atom. The maximum Gasteiger partial charge on any atom is 0.279 e. The van der Waals surface area contributed by atoms with Gasteiger partial charge in [-0.15, -0.1) is 0 Å². The monoisotopic (exact) mass is 257 g/mol. The Kier molecular flexibility index (Phi) is 2.91. The lowest BCUT2D eigenvalue weighted by Crippen LogP contribution is -2.13. The van der Waals surface area contributed by atoms with Crippen molar-refractivity contribution in [3.8, 4) is 0 Å². The minimum Gasteiger partial charge on any atom is -0.313 e. The van der Waals surface area contributed by atoms with Crippen molar-refractivity contribution in [1.29, 1.82) is 0 Å². The van der Waals surface area contributed by atoms with E-state index < -0.39 is 0 Å². The fourth-order valence-electron chi connectivity index (χ4n) is 2.77. The Hall–Kier alpha value is -2.01. The van der Waals surface area contributed by atoms with Crippen molar-refractivity contribution in [1.82, 2.24) is 10.3 Å². The van der Waals surface area contributed by atoms with Crippen molar-refractivity contribution in [2.45, 2.75) is 26.3 Å².